The molecule has 1 aliphatic rings. The number of aliphatic imine (C=N–C) groups is 1. The van der Waals surface area contributed by atoms with Gasteiger partial charge in [0.1, 0.15) is 4.21 Å². The summed E-state index contributed by atoms with van der Waals surface area (Å²) < 4.78 is 26.0. The van der Waals surface area contributed by atoms with Crippen LogP contribution >= 0.6 is 11.3 Å². The first-order valence-electron chi connectivity index (χ1n) is 9.13. The van der Waals surface area contributed by atoms with Gasteiger partial charge in [0.25, 0.3) is 10.0 Å². The van der Waals surface area contributed by atoms with Gasteiger partial charge < -0.3 is 10.2 Å². The first-order valence-corrected chi connectivity index (χ1v) is 11.4. The number of sulfonamides is 1. The summed E-state index contributed by atoms with van der Waals surface area (Å²) in [6.07, 6.45) is 3.22. The molecule has 0 bridgehead atoms. The third kappa shape index (κ3) is 4.63. The standard InChI is InChI=1S/C20H26N4O2S2/c1-21-20(22-15-18-9-10-19(27-18)28(25,26)23(2)3)24-13-11-17(12-14-24)16-7-5-4-6-8-16/h4-11H,12-15H2,1-3H3,(H,21,22). The Hall–Kier alpha value is -2.16. The minimum atomic E-state index is -3.38. The maximum absolute atomic E-state index is 12.2. The molecule has 0 aliphatic carbocycles. The third-order valence-electron chi connectivity index (χ3n) is 4.66. The number of hydrogen-bond donors (Lipinski definition) is 1. The van der Waals surface area contributed by atoms with Crippen LogP contribution in [0, 0.1) is 0 Å². The molecule has 1 aromatic carbocycles. The number of thiophene rings is 1. The first-order chi connectivity index (χ1) is 13.4. The third-order valence-corrected chi connectivity index (χ3v) is 8.03. The van der Waals surface area contributed by atoms with Crippen molar-refractivity contribution in [1.82, 2.24) is 14.5 Å². The lowest BCUT2D eigenvalue weighted by Crippen LogP contribution is -2.43. The van der Waals surface area contributed by atoms with Crippen molar-refractivity contribution in [3.8, 4) is 0 Å². The molecule has 0 atom stereocenters. The maximum atomic E-state index is 12.2. The summed E-state index contributed by atoms with van der Waals surface area (Å²) in [5.74, 6) is 0.828. The van der Waals surface area contributed by atoms with Crippen molar-refractivity contribution in [1.29, 1.82) is 0 Å². The van der Waals surface area contributed by atoms with Crippen LogP contribution in [0.3, 0.4) is 0 Å². The molecule has 8 heteroatoms. The molecular weight excluding hydrogens is 392 g/mol. The summed E-state index contributed by atoms with van der Waals surface area (Å²) in [6.45, 7) is 2.24. The summed E-state index contributed by atoms with van der Waals surface area (Å²) in [6, 6.07) is 14.0. The van der Waals surface area contributed by atoms with E-state index in [1.165, 1.54) is 26.8 Å². The molecule has 1 aromatic heterocycles. The zero-order valence-corrected chi connectivity index (χ0v) is 18.1. The monoisotopic (exact) mass is 418 g/mol. The number of nitrogens with zero attached hydrogens (tertiary/aromatic N) is 3. The van der Waals surface area contributed by atoms with E-state index >= 15 is 0 Å². The minimum Gasteiger partial charge on any atom is -0.351 e. The molecule has 1 N–H and O–H groups in total. The van der Waals surface area contributed by atoms with Gasteiger partial charge in [-0.2, -0.15) is 0 Å². The van der Waals surface area contributed by atoms with Gasteiger partial charge in [-0.25, -0.2) is 12.7 Å². The molecule has 0 saturated heterocycles. The van der Waals surface area contributed by atoms with E-state index in [9.17, 15) is 8.42 Å². The van der Waals surface area contributed by atoms with Gasteiger partial charge in [-0.3, -0.25) is 4.99 Å². The highest BCUT2D eigenvalue weighted by molar-refractivity contribution is 7.91. The number of hydrogen-bond acceptors (Lipinski definition) is 4. The van der Waals surface area contributed by atoms with Crippen LogP contribution in [0.4, 0.5) is 0 Å². The first kappa shape index (κ1) is 20.6. The van der Waals surface area contributed by atoms with Gasteiger partial charge in [0.2, 0.25) is 0 Å². The van der Waals surface area contributed by atoms with Crippen molar-refractivity contribution in [2.24, 2.45) is 4.99 Å². The Morgan fingerprint density at radius 2 is 1.96 bits per heavy atom. The van der Waals surface area contributed by atoms with Crippen LogP contribution in [-0.2, 0) is 16.6 Å². The average Bonchev–Trinajstić information content (AvgIpc) is 3.19. The molecule has 2 aromatic rings. The highest BCUT2D eigenvalue weighted by Gasteiger charge is 2.20. The van der Waals surface area contributed by atoms with Crippen LogP contribution in [0.2, 0.25) is 0 Å². The van der Waals surface area contributed by atoms with E-state index in [0.717, 1.165) is 30.3 Å². The zero-order chi connectivity index (χ0) is 20.1. The van der Waals surface area contributed by atoms with Crippen LogP contribution in [0.15, 0.2) is 57.7 Å². The molecule has 0 spiro atoms. The van der Waals surface area contributed by atoms with Gasteiger partial charge >= 0.3 is 0 Å². The van der Waals surface area contributed by atoms with Gasteiger partial charge in [0.05, 0.1) is 6.54 Å². The Morgan fingerprint density at radius 1 is 1.21 bits per heavy atom. The Morgan fingerprint density at radius 3 is 2.57 bits per heavy atom. The van der Waals surface area contributed by atoms with E-state index in [1.807, 2.05) is 12.1 Å². The fourth-order valence-electron chi connectivity index (χ4n) is 3.05. The van der Waals surface area contributed by atoms with Crippen molar-refractivity contribution in [2.75, 3.05) is 34.2 Å². The number of benzene rings is 1. The Labute approximate surface area is 171 Å². The predicted octanol–water partition coefficient (Wildman–Crippen LogP) is 2.86. The molecule has 1 aliphatic heterocycles. The summed E-state index contributed by atoms with van der Waals surface area (Å²) in [5, 5.41) is 3.35. The summed E-state index contributed by atoms with van der Waals surface area (Å²) in [4.78, 5) is 7.55. The molecule has 0 amide bonds. The van der Waals surface area contributed by atoms with Crippen molar-refractivity contribution in [3.05, 3.63) is 59.0 Å². The zero-order valence-electron chi connectivity index (χ0n) is 16.4. The highest BCUT2D eigenvalue weighted by atomic mass is 32.2. The van der Waals surface area contributed by atoms with Gasteiger partial charge in [-0.15, -0.1) is 11.3 Å². The molecule has 3 rings (SSSR count). The smallest absolute Gasteiger partial charge is 0.252 e. The van der Waals surface area contributed by atoms with Gasteiger partial charge in [0.15, 0.2) is 5.96 Å². The highest BCUT2D eigenvalue weighted by Crippen LogP contribution is 2.24. The normalized spacial score (nSPS) is 15.6. The number of rotatable bonds is 5. The van der Waals surface area contributed by atoms with Crippen molar-refractivity contribution < 1.29 is 8.42 Å². The Balaban J connectivity index is 1.61. The minimum absolute atomic E-state index is 0.359. The van der Waals surface area contributed by atoms with E-state index < -0.39 is 10.0 Å². The number of guanidine groups is 1. The summed E-state index contributed by atoms with van der Waals surface area (Å²) >= 11 is 1.29. The molecule has 0 unspecified atom stereocenters. The SMILES string of the molecule is CN=C(NCc1ccc(S(=O)(=O)N(C)C)s1)N1CC=C(c2ccccc2)CC1. The van der Waals surface area contributed by atoms with Gasteiger partial charge in [0, 0.05) is 39.1 Å². The van der Waals surface area contributed by atoms with Crippen LogP contribution in [0.25, 0.3) is 5.57 Å². The lowest BCUT2D eigenvalue weighted by Gasteiger charge is -2.29. The van der Waals surface area contributed by atoms with Crippen molar-refractivity contribution in [2.45, 2.75) is 17.2 Å². The molecule has 28 heavy (non-hydrogen) atoms. The molecule has 150 valence electrons. The fraction of sp³-hybridized carbons (Fsp3) is 0.350. The predicted molar refractivity (Wildman–Crippen MR) is 116 cm³/mol. The van der Waals surface area contributed by atoms with E-state index in [0.29, 0.717) is 10.8 Å². The second-order valence-corrected chi connectivity index (χ2v) is 10.2. The Bertz CT molecular complexity index is 963. The van der Waals surface area contributed by atoms with Gasteiger partial charge in [-0.05, 0) is 29.7 Å². The Kier molecular flexibility index (Phi) is 6.53. The lowest BCUT2D eigenvalue weighted by molar-refractivity contribution is 0.440. The van der Waals surface area contributed by atoms with Crippen LogP contribution in [0.5, 0.6) is 0 Å². The summed E-state index contributed by atoms with van der Waals surface area (Å²) in [7, 11) is 1.48. The van der Waals surface area contributed by atoms with E-state index in [-0.39, 0.29) is 0 Å². The maximum Gasteiger partial charge on any atom is 0.252 e. The molecule has 2 heterocycles. The molecule has 0 saturated carbocycles. The lowest BCUT2D eigenvalue weighted by atomic mass is 10.00. The topological polar surface area (TPSA) is 65.0 Å². The molecule has 0 fully saturated rings. The van der Waals surface area contributed by atoms with Crippen LogP contribution in [0.1, 0.15) is 16.9 Å². The largest absolute Gasteiger partial charge is 0.351 e. The average molecular weight is 419 g/mol. The fourth-order valence-corrected chi connectivity index (χ4v) is 5.51. The van der Waals surface area contributed by atoms with Crippen molar-refractivity contribution >= 4 is 32.9 Å². The second kappa shape index (κ2) is 8.89. The van der Waals surface area contributed by atoms with E-state index in [1.54, 1.807) is 27.2 Å². The van der Waals surface area contributed by atoms with E-state index in [2.05, 4.69) is 45.6 Å². The quantitative estimate of drug-likeness (QED) is 0.599. The molecule has 0 radical (unpaired) electrons. The van der Waals surface area contributed by atoms with Gasteiger partial charge in [-0.1, -0.05) is 36.4 Å². The molecule has 6 nitrogen and oxygen atoms in total. The summed E-state index contributed by atoms with van der Waals surface area (Å²) in [5.41, 5.74) is 2.64. The van der Waals surface area contributed by atoms with Crippen LogP contribution in [-0.4, -0.2) is 57.8 Å². The molecular formula is C20H26N4O2S2. The van der Waals surface area contributed by atoms with Crippen molar-refractivity contribution in [3.63, 3.8) is 0 Å². The number of nitrogens with one attached hydrogen (secondary N) is 1. The second-order valence-electron chi connectivity index (χ2n) is 6.70. The van der Waals surface area contributed by atoms with Crippen LogP contribution < -0.4 is 5.32 Å². The van der Waals surface area contributed by atoms with E-state index in [4.69, 9.17) is 0 Å².